The van der Waals surface area contributed by atoms with Gasteiger partial charge in [0.25, 0.3) is 11.8 Å². The molecule has 7 heteroatoms. The van der Waals surface area contributed by atoms with Crippen molar-refractivity contribution >= 4 is 29.1 Å². The number of carbonyl (C=O) groups excluding carboxylic acids is 2. The second-order valence-electron chi connectivity index (χ2n) is 6.47. The highest BCUT2D eigenvalue weighted by Crippen LogP contribution is 2.37. The zero-order valence-electron chi connectivity index (χ0n) is 16.1. The van der Waals surface area contributed by atoms with Crippen LogP contribution >= 0.6 is 11.8 Å². The van der Waals surface area contributed by atoms with Crippen LogP contribution in [-0.2, 0) is 16.1 Å². The molecule has 0 saturated heterocycles. The van der Waals surface area contributed by atoms with Crippen molar-refractivity contribution in [2.24, 2.45) is 0 Å². The highest BCUT2D eigenvalue weighted by molar-refractivity contribution is 8.04. The number of aliphatic hydroxyl groups excluding tert-OH is 1. The predicted octanol–water partition coefficient (Wildman–Crippen LogP) is 3.62. The summed E-state index contributed by atoms with van der Waals surface area (Å²) in [5.74, 6) is -0.182. The summed E-state index contributed by atoms with van der Waals surface area (Å²) in [6.07, 6.45) is 0.889. The number of nitrogens with zero attached hydrogens (tertiary/aromatic N) is 1. The van der Waals surface area contributed by atoms with E-state index in [1.165, 1.54) is 12.1 Å². The Morgan fingerprint density at radius 1 is 1.03 bits per heavy atom. The summed E-state index contributed by atoms with van der Waals surface area (Å²) in [6.45, 7) is 2.57. The van der Waals surface area contributed by atoms with E-state index in [1.54, 1.807) is 36.4 Å². The van der Waals surface area contributed by atoms with Gasteiger partial charge in [0, 0.05) is 5.75 Å². The van der Waals surface area contributed by atoms with E-state index in [2.05, 4.69) is 0 Å². The lowest BCUT2D eigenvalue weighted by atomic mass is 10.1. The van der Waals surface area contributed by atoms with Gasteiger partial charge in [0.15, 0.2) is 0 Å². The van der Waals surface area contributed by atoms with Crippen LogP contribution < -0.4 is 4.74 Å². The molecule has 3 rings (SSSR count). The smallest absolute Gasteiger partial charge is 0.268 e. The number of rotatable bonds is 9. The third-order valence-corrected chi connectivity index (χ3v) is 5.39. The van der Waals surface area contributed by atoms with E-state index < -0.39 is 11.8 Å². The van der Waals surface area contributed by atoms with Gasteiger partial charge in [-0.1, -0.05) is 31.2 Å². The van der Waals surface area contributed by atoms with Gasteiger partial charge in [-0.15, -0.1) is 11.8 Å². The molecule has 0 atom stereocenters. The van der Waals surface area contributed by atoms with E-state index >= 15 is 0 Å². The number of aliphatic hydroxyl groups is 1. The van der Waals surface area contributed by atoms with Crippen molar-refractivity contribution in [1.29, 1.82) is 0 Å². The predicted molar refractivity (Wildman–Crippen MR) is 111 cm³/mol. The molecule has 0 spiro atoms. The van der Waals surface area contributed by atoms with E-state index in [0.29, 0.717) is 39.7 Å². The first kappa shape index (κ1) is 21.1. The SMILES string of the molecule is CCCOc1ccc(C2=C(SCCO)C(=O)N(Cc3ccc(F)cc3)C2=O)cc1. The lowest BCUT2D eigenvalue weighted by Gasteiger charge is -2.15. The number of amides is 2. The molecule has 2 aromatic rings. The molecule has 2 amide bonds. The van der Waals surface area contributed by atoms with Crippen LogP contribution in [0.2, 0.25) is 0 Å². The van der Waals surface area contributed by atoms with Crippen molar-refractivity contribution in [2.75, 3.05) is 19.0 Å². The minimum atomic E-state index is -0.404. The van der Waals surface area contributed by atoms with Crippen molar-refractivity contribution in [3.05, 3.63) is 70.4 Å². The van der Waals surface area contributed by atoms with Crippen LogP contribution in [0.15, 0.2) is 53.4 Å². The first-order valence-corrected chi connectivity index (χ1v) is 10.4. The maximum absolute atomic E-state index is 13.2. The normalized spacial score (nSPS) is 14.1. The van der Waals surface area contributed by atoms with E-state index in [-0.39, 0.29) is 19.0 Å². The molecule has 1 aliphatic heterocycles. The Bertz CT molecular complexity index is 909. The fourth-order valence-corrected chi connectivity index (χ4v) is 3.82. The Labute approximate surface area is 173 Å². The highest BCUT2D eigenvalue weighted by atomic mass is 32.2. The number of halogens is 1. The molecule has 0 unspecified atom stereocenters. The molecule has 0 aromatic heterocycles. The van der Waals surface area contributed by atoms with Crippen molar-refractivity contribution in [3.8, 4) is 5.75 Å². The molecule has 0 bridgehead atoms. The van der Waals surface area contributed by atoms with Crippen molar-refractivity contribution in [2.45, 2.75) is 19.9 Å². The average Bonchev–Trinajstić information content (AvgIpc) is 2.96. The maximum Gasteiger partial charge on any atom is 0.268 e. The fourth-order valence-electron chi connectivity index (χ4n) is 2.94. The molecule has 1 heterocycles. The van der Waals surface area contributed by atoms with Crippen LogP contribution in [0.4, 0.5) is 4.39 Å². The fraction of sp³-hybridized carbons (Fsp3) is 0.273. The summed E-state index contributed by atoms with van der Waals surface area (Å²) in [6, 6.07) is 12.7. The van der Waals surface area contributed by atoms with Crippen molar-refractivity contribution < 1.29 is 23.8 Å². The van der Waals surface area contributed by atoms with E-state index in [4.69, 9.17) is 4.74 Å². The Morgan fingerprint density at radius 2 is 1.72 bits per heavy atom. The molecule has 5 nitrogen and oxygen atoms in total. The molecule has 1 aliphatic rings. The maximum atomic E-state index is 13.2. The summed E-state index contributed by atoms with van der Waals surface area (Å²) in [4.78, 5) is 27.5. The van der Waals surface area contributed by atoms with Crippen molar-refractivity contribution in [3.63, 3.8) is 0 Å². The third kappa shape index (κ3) is 4.86. The van der Waals surface area contributed by atoms with Gasteiger partial charge in [-0.3, -0.25) is 14.5 Å². The van der Waals surface area contributed by atoms with E-state index in [9.17, 15) is 19.1 Å². The van der Waals surface area contributed by atoms with Gasteiger partial charge < -0.3 is 9.84 Å². The minimum absolute atomic E-state index is 0.0579. The Morgan fingerprint density at radius 3 is 2.34 bits per heavy atom. The standard InChI is InChI=1S/C22H22FNO4S/c1-2-12-28-18-9-5-16(6-10-18)19-20(29-13-11-25)22(27)24(21(19)26)14-15-3-7-17(23)8-4-15/h3-10,25H,2,11-14H2,1H3. The first-order chi connectivity index (χ1) is 14.0. The molecule has 29 heavy (non-hydrogen) atoms. The van der Waals surface area contributed by atoms with Crippen molar-refractivity contribution in [1.82, 2.24) is 4.90 Å². The van der Waals surface area contributed by atoms with Gasteiger partial charge in [0.05, 0.1) is 30.2 Å². The number of benzene rings is 2. The molecular formula is C22H22FNO4S. The molecule has 1 N–H and O–H groups in total. The molecular weight excluding hydrogens is 393 g/mol. The zero-order valence-corrected chi connectivity index (χ0v) is 16.9. The summed E-state index contributed by atoms with van der Waals surface area (Å²) in [7, 11) is 0. The monoisotopic (exact) mass is 415 g/mol. The quantitative estimate of drug-likeness (QED) is 0.634. The van der Waals surface area contributed by atoms with E-state index in [1.807, 2.05) is 6.92 Å². The Hall–Kier alpha value is -2.64. The largest absolute Gasteiger partial charge is 0.494 e. The minimum Gasteiger partial charge on any atom is -0.494 e. The van der Waals surface area contributed by atoms with Gasteiger partial charge in [0.2, 0.25) is 0 Å². The van der Waals surface area contributed by atoms with Crippen LogP contribution in [0.1, 0.15) is 24.5 Å². The Balaban J connectivity index is 1.88. The third-order valence-electron chi connectivity index (χ3n) is 4.33. The lowest BCUT2D eigenvalue weighted by molar-refractivity contribution is -0.137. The van der Waals surface area contributed by atoms with Crippen LogP contribution in [0, 0.1) is 5.82 Å². The molecule has 0 aliphatic carbocycles. The summed E-state index contributed by atoms with van der Waals surface area (Å²) < 4.78 is 18.7. The molecule has 0 saturated carbocycles. The topological polar surface area (TPSA) is 66.8 Å². The zero-order chi connectivity index (χ0) is 20.8. The summed E-state index contributed by atoms with van der Waals surface area (Å²) in [5, 5.41) is 9.18. The highest BCUT2D eigenvalue weighted by Gasteiger charge is 2.39. The molecule has 152 valence electrons. The second kappa shape index (κ2) is 9.71. The summed E-state index contributed by atoms with van der Waals surface area (Å²) in [5.41, 5.74) is 1.59. The number of hydrogen-bond acceptors (Lipinski definition) is 5. The average molecular weight is 415 g/mol. The van der Waals surface area contributed by atoms with Crippen LogP contribution in [0.3, 0.4) is 0 Å². The first-order valence-electron chi connectivity index (χ1n) is 9.37. The number of carbonyl (C=O) groups is 2. The van der Waals surface area contributed by atoms with E-state index in [0.717, 1.165) is 23.1 Å². The van der Waals surface area contributed by atoms with Gasteiger partial charge in [-0.25, -0.2) is 4.39 Å². The van der Waals surface area contributed by atoms with Gasteiger partial charge >= 0.3 is 0 Å². The van der Waals surface area contributed by atoms with Crippen LogP contribution in [-0.4, -0.2) is 40.8 Å². The Kier molecular flexibility index (Phi) is 7.06. The van der Waals surface area contributed by atoms with Crippen LogP contribution in [0.5, 0.6) is 5.75 Å². The second-order valence-corrected chi connectivity index (χ2v) is 7.58. The number of hydrogen-bond donors (Lipinski definition) is 1. The summed E-state index contributed by atoms with van der Waals surface area (Å²) >= 11 is 1.16. The van der Waals surface area contributed by atoms with Gasteiger partial charge in [-0.2, -0.15) is 0 Å². The number of thioether (sulfide) groups is 1. The molecule has 2 aromatic carbocycles. The number of imide groups is 1. The van der Waals surface area contributed by atoms with Gasteiger partial charge in [0.1, 0.15) is 11.6 Å². The number of ether oxygens (including phenoxy) is 1. The van der Waals surface area contributed by atoms with Crippen LogP contribution in [0.25, 0.3) is 5.57 Å². The van der Waals surface area contributed by atoms with Gasteiger partial charge in [-0.05, 0) is 41.8 Å². The lowest BCUT2D eigenvalue weighted by Crippen LogP contribution is -2.31. The molecule has 0 fully saturated rings. The molecule has 0 radical (unpaired) electrons.